The third-order valence-corrected chi connectivity index (χ3v) is 6.17. The third-order valence-electron chi connectivity index (χ3n) is 6.17. The van der Waals surface area contributed by atoms with Crippen LogP contribution < -0.4 is 4.90 Å². The molecule has 0 aromatic carbocycles. The van der Waals surface area contributed by atoms with Crippen molar-refractivity contribution in [2.45, 2.75) is 51.9 Å². The van der Waals surface area contributed by atoms with Crippen molar-refractivity contribution in [1.82, 2.24) is 15.0 Å². The molecule has 0 amide bonds. The van der Waals surface area contributed by atoms with Crippen LogP contribution in [0.2, 0.25) is 0 Å². The fourth-order valence-electron chi connectivity index (χ4n) is 4.67. The minimum absolute atomic E-state index is 0.568. The summed E-state index contributed by atoms with van der Waals surface area (Å²) >= 11 is 0. The fraction of sp³-hybridized carbons (Fsp3) is 0.889. The highest BCUT2D eigenvalue weighted by Crippen LogP contribution is 2.52. The maximum Gasteiger partial charge on any atom is 0.324 e. The molecule has 3 atom stereocenters. The van der Waals surface area contributed by atoms with Gasteiger partial charge in [-0.15, -0.1) is 0 Å². The minimum atomic E-state index is 0.568. The van der Waals surface area contributed by atoms with Crippen molar-refractivity contribution in [3.63, 3.8) is 0 Å². The molecule has 2 saturated carbocycles. The van der Waals surface area contributed by atoms with Crippen molar-refractivity contribution < 1.29 is 4.52 Å². The van der Waals surface area contributed by atoms with Crippen LogP contribution in [-0.2, 0) is 0 Å². The van der Waals surface area contributed by atoms with E-state index in [2.05, 4.69) is 28.8 Å². The number of anilines is 1. The Morgan fingerprint density at radius 3 is 2.61 bits per heavy atom. The molecule has 3 fully saturated rings. The molecular weight excluding hydrogens is 288 g/mol. The number of rotatable bonds is 5. The normalized spacial score (nSPS) is 31.4. The van der Waals surface area contributed by atoms with Gasteiger partial charge in [-0.25, -0.2) is 0 Å². The van der Waals surface area contributed by atoms with E-state index in [0.29, 0.717) is 5.92 Å². The molecule has 4 rings (SSSR count). The van der Waals surface area contributed by atoms with Gasteiger partial charge in [0.2, 0.25) is 0 Å². The summed E-state index contributed by atoms with van der Waals surface area (Å²) in [7, 11) is 0. The van der Waals surface area contributed by atoms with E-state index in [9.17, 15) is 0 Å². The summed E-state index contributed by atoms with van der Waals surface area (Å²) in [5, 5.41) is 4.33. The van der Waals surface area contributed by atoms with Gasteiger partial charge in [0.1, 0.15) is 0 Å². The van der Waals surface area contributed by atoms with E-state index < -0.39 is 0 Å². The first-order valence-corrected chi connectivity index (χ1v) is 9.50. The number of hydrogen-bond acceptors (Lipinski definition) is 5. The summed E-state index contributed by atoms with van der Waals surface area (Å²) in [4.78, 5) is 9.60. The van der Waals surface area contributed by atoms with Crippen molar-refractivity contribution in [3.8, 4) is 0 Å². The van der Waals surface area contributed by atoms with Gasteiger partial charge in [0, 0.05) is 32.1 Å². The molecule has 3 aliphatic rings. The zero-order chi connectivity index (χ0) is 15.8. The smallest absolute Gasteiger partial charge is 0.322 e. The van der Waals surface area contributed by atoms with Crippen molar-refractivity contribution in [3.05, 3.63) is 5.82 Å². The van der Waals surface area contributed by atoms with Crippen molar-refractivity contribution >= 4 is 6.01 Å². The van der Waals surface area contributed by atoms with Gasteiger partial charge in [0.05, 0.1) is 0 Å². The Morgan fingerprint density at radius 2 is 1.96 bits per heavy atom. The zero-order valence-corrected chi connectivity index (χ0v) is 14.6. The summed E-state index contributed by atoms with van der Waals surface area (Å²) in [6.45, 7) is 10.0. The van der Waals surface area contributed by atoms with Gasteiger partial charge >= 0.3 is 6.01 Å². The Hall–Kier alpha value is -1.10. The van der Waals surface area contributed by atoms with E-state index in [4.69, 9.17) is 9.51 Å². The molecule has 0 spiro atoms. The molecule has 0 radical (unpaired) electrons. The predicted octanol–water partition coefficient (Wildman–Crippen LogP) is 3.14. The number of nitrogens with zero attached hydrogens (tertiary/aromatic N) is 4. The highest BCUT2D eigenvalue weighted by Gasteiger charge is 2.42. The standard InChI is InChI=1S/C18H30N4O/c1-13(2)5-6-21-7-9-22(10-8-21)18-19-17(20-23-18)16-12-14-3-4-15(16)11-14/h13-16H,3-12H2,1-2H3/t14-,15+,16?/m1/s1. The lowest BCUT2D eigenvalue weighted by Crippen LogP contribution is -2.47. The van der Waals surface area contributed by atoms with Crippen LogP contribution >= 0.6 is 0 Å². The molecule has 2 heterocycles. The van der Waals surface area contributed by atoms with Crippen LogP contribution in [0, 0.1) is 17.8 Å². The van der Waals surface area contributed by atoms with Crippen LogP contribution in [0.3, 0.4) is 0 Å². The van der Waals surface area contributed by atoms with Crippen molar-refractivity contribution in [2.75, 3.05) is 37.6 Å². The number of piperazine rings is 1. The Balaban J connectivity index is 1.32. The molecule has 2 aliphatic carbocycles. The van der Waals surface area contributed by atoms with E-state index >= 15 is 0 Å². The fourth-order valence-corrected chi connectivity index (χ4v) is 4.67. The van der Waals surface area contributed by atoms with Crippen molar-refractivity contribution in [1.29, 1.82) is 0 Å². The maximum atomic E-state index is 5.60. The Morgan fingerprint density at radius 1 is 1.13 bits per heavy atom. The van der Waals surface area contributed by atoms with E-state index in [0.717, 1.165) is 55.8 Å². The number of aromatic nitrogens is 2. The molecule has 1 aliphatic heterocycles. The molecule has 128 valence electrons. The van der Waals surface area contributed by atoms with E-state index in [-0.39, 0.29) is 0 Å². The van der Waals surface area contributed by atoms with Gasteiger partial charge in [-0.05, 0) is 50.0 Å². The van der Waals surface area contributed by atoms with Crippen molar-refractivity contribution in [2.24, 2.45) is 17.8 Å². The third kappa shape index (κ3) is 3.25. The lowest BCUT2D eigenvalue weighted by atomic mass is 9.88. The summed E-state index contributed by atoms with van der Waals surface area (Å²) in [5.74, 6) is 4.08. The molecule has 1 saturated heterocycles. The van der Waals surface area contributed by atoms with E-state index in [1.54, 1.807) is 0 Å². The Kier molecular flexibility index (Phi) is 4.31. The number of hydrogen-bond donors (Lipinski definition) is 0. The molecule has 1 unspecified atom stereocenters. The molecule has 5 heteroatoms. The van der Waals surface area contributed by atoms with Crippen LogP contribution in [-0.4, -0.2) is 47.8 Å². The first-order chi connectivity index (χ1) is 11.2. The van der Waals surface area contributed by atoms with Gasteiger partial charge in [-0.2, -0.15) is 4.98 Å². The van der Waals surface area contributed by atoms with Crippen LogP contribution in [0.1, 0.15) is 57.7 Å². The van der Waals surface area contributed by atoms with E-state index in [1.165, 1.54) is 38.6 Å². The summed E-state index contributed by atoms with van der Waals surface area (Å²) in [6, 6.07) is 0.756. The average Bonchev–Trinajstić information content (AvgIpc) is 3.29. The van der Waals surface area contributed by atoms with Gasteiger partial charge in [0.15, 0.2) is 5.82 Å². The average molecular weight is 318 g/mol. The second-order valence-electron chi connectivity index (χ2n) is 8.23. The molecule has 5 nitrogen and oxygen atoms in total. The summed E-state index contributed by atoms with van der Waals surface area (Å²) in [6.07, 6.45) is 6.75. The Labute approximate surface area is 139 Å². The molecular formula is C18H30N4O. The molecule has 23 heavy (non-hydrogen) atoms. The maximum absolute atomic E-state index is 5.60. The van der Waals surface area contributed by atoms with Gasteiger partial charge in [-0.3, -0.25) is 4.90 Å². The topological polar surface area (TPSA) is 45.4 Å². The monoisotopic (exact) mass is 318 g/mol. The van der Waals surface area contributed by atoms with Gasteiger partial charge in [-0.1, -0.05) is 25.4 Å². The largest absolute Gasteiger partial charge is 0.324 e. The second-order valence-corrected chi connectivity index (χ2v) is 8.23. The molecule has 2 bridgehead atoms. The van der Waals surface area contributed by atoms with Crippen LogP contribution in [0.15, 0.2) is 4.52 Å². The Bertz CT molecular complexity index is 521. The molecule has 1 aromatic heterocycles. The van der Waals surface area contributed by atoms with Crippen LogP contribution in [0.5, 0.6) is 0 Å². The summed E-state index contributed by atoms with van der Waals surface area (Å²) in [5.41, 5.74) is 0. The SMILES string of the molecule is CC(C)CCN1CCN(c2nc(C3C[C@@H]4CC[C@H]3C4)no2)CC1. The summed E-state index contributed by atoms with van der Waals surface area (Å²) < 4.78 is 5.60. The predicted molar refractivity (Wildman–Crippen MR) is 90.6 cm³/mol. The number of fused-ring (bicyclic) bond motifs is 2. The second kappa shape index (κ2) is 6.42. The van der Waals surface area contributed by atoms with Crippen LogP contribution in [0.25, 0.3) is 0 Å². The minimum Gasteiger partial charge on any atom is -0.322 e. The molecule has 1 aromatic rings. The molecule has 0 N–H and O–H groups in total. The van der Waals surface area contributed by atoms with Gasteiger partial charge < -0.3 is 9.42 Å². The lowest BCUT2D eigenvalue weighted by molar-refractivity contribution is 0.237. The van der Waals surface area contributed by atoms with Crippen LogP contribution in [0.4, 0.5) is 6.01 Å². The van der Waals surface area contributed by atoms with E-state index in [1.807, 2.05) is 0 Å². The van der Waals surface area contributed by atoms with Gasteiger partial charge in [0.25, 0.3) is 0 Å². The quantitative estimate of drug-likeness (QED) is 0.834. The first-order valence-electron chi connectivity index (χ1n) is 9.50. The first kappa shape index (κ1) is 15.4. The lowest BCUT2D eigenvalue weighted by Gasteiger charge is -2.33. The zero-order valence-electron chi connectivity index (χ0n) is 14.6. The highest BCUT2D eigenvalue weighted by atomic mass is 16.5. The highest BCUT2D eigenvalue weighted by molar-refractivity contribution is 5.27.